The van der Waals surface area contributed by atoms with Gasteiger partial charge in [-0.25, -0.2) is 12.8 Å². The fourth-order valence-corrected chi connectivity index (χ4v) is 6.23. The zero-order chi connectivity index (χ0) is 31.0. The van der Waals surface area contributed by atoms with Gasteiger partial charge in [-0.1, -0.05) is 78.3 Å². The smallest absolute Gasteiger partial charge is 0.264 e. The number of rotatable bonds is 12. The number of halogens is 2. The van der Waals surface area contributed by atoms with E-state index in [9.17, 15) is 22.4 Å². The molecule has 0 heterocycles. The van der Waals surface area contributed by atoms with Crippen LogP contribution in [0.5, 0.6) is 0 Å². The maximum Gasteiger partial charge on any atom is 0.264 e. The Kier molecular flexibility index (Phi) is 10.6. The van der Waals surface area contributed by atoms with E-state index in [1.54, 1.807) is 42.5 Å². The van der Waals surface area contributed by atoms with Crippen LogP contribution in [0.25, 0.3) is 0 Å². The summed E-state index contributed by atoms with van der Waals surface area (Å²) < 4.78 is 42.6. The van der Waals surface area contributed by atoms with E-state index in [1.807, 2.05) is 44.2 Å². The van der Waals surface area contributed by atoms with Gasteiger partial charge >= 0.3 is 0 Å². The number of amides is 2. The number of hydrogen-bond donors (Lipinski definition) is 1. The van der Waals surface area contributed by atoms with Crippen molar-refractivity contribution in [2.45, 2.75) is 43.8 Å². The number of anilines is 1. The lowest BCUT2D eigenvalue weighted by molar-refractivity contribution is -0.140. The molecule has 224 valence electrons. The number of hydrogen-bond acceptors (Lipinski definition) is 4. The Morgan fingerprint density at radius 3 is 2.02 bits per heavy atom. The predicted molar refractivity (Wildman–Crippen MR) is 167 cm³/mol. The fourth-order valence-electron chi connectivity index (χ4n) is 4.60. The van der Waals surface area contributed by atoms with E-state index in [2.05, 4.69) is 5.32 Å². The maximum absolute atomic E-state index is 14.3. The topological polar surface area (TPSA) is 86.8 Å². The summed E-state index contributed by atoms with van der Waals surface area (Å²) in [6, 6.07) is 27.6. The second-order valence-corrected chi connectivity index (χ2v) is 12.6. The van der Waals surface area contributed by atoms with Gasteiger partial charge < -0.3 is 10.2 Å². The van der Waals surface area contributed by atoms with E-state index in [0.717, 1.165) is 22.0 Å². The number of nitrogens with one attached hydrogen (secondary N) is 1. The molecule has 0 aliphatic carbocycles. The van der Waals surface area contributed by atoms with Crippen molar-refractivity contribution in [1.82, 2.24) is 10.2 Å². The van der Waals surface area contributed by atoms with Crippen LogP contribution in [-0.4, -0.2) is 43.8 Å². The molecule has 7 nitrogen and oxygen atoms in total. The third-order valence-corrected chi connectivity index (χ3v) is 8.88. The molecule has 0 aromatic heterocycles. The zero-order valence-electron chi connectivity index (χ0n) is 23.9. The lowest BCUT2D eigenvalue weighted by Gasteiger charge is -2.34. The Hall–Kier alpha value is -4.21. The third-order valence-electron chi connectivity index (χ3n) is 6.73. The molecule has 0 spiro atoms. The second-order valence-electron chi connectivity index (χ2n) is 10.3. The van der Waals surface area contributed by atoms with Crippen LogP contribution in [0.3, 0.4) is 0 Å². The van der Waals surface area contributed by atoms with Crippen LogP contribution in [0.4, 0.5) is 10.1 Å². The molecular formula is C33H33ClFN3O4S. The molecule has 10 heteroatoms. The van der Waals surface area contributed by atoms with Gasteiger partial charge in [0, 0.05) is 24.0 Å². The summed E-state index contributed by atoms with van der Waals surface area (Å²) in [5.41, 5.74) is 1.50. The van der Waals surface area contributed by atoms with E-state index in [-0.39, 0.29) is 29.6 Å². The normalized spacial score (nSPS) is 12.0. The van der Waals surface area contributed by atoms with Crippen LogP contribution >= 0.6 is 11.6 Å². The number of carbonyl (C=O) groups is 2. The Morgan fingerprint density at radius 1 is 0.837 bits per heavy atom. The molecule has 1 atom stereocenters. The maximum atomic E-state index is 14.3. The molecule has 0 bridgehead atoms. The van der Waals surface area contributed by atoms with Crippen molar-refractivity contribution >= 4 is 39.1 Å². The van der Waals surface area contributed by atoms with Gasteiger partial charge in [0.15, 0.2) is 0 Å². The van der Waals surface area contributed by atoms with Crippen molar-refractivity contribution in [3.05, 3.63) is 131 Å². The molecule has 0 aliphatic rings. The van der Waals surface area contributed by atoms with E-state index < -0.39 is 40.2 Å². The van der Waals surface area contributed by atoms with Crippen LogP contribution in [0.2, 0.25) is 5.02 Å². The molecule has 2 amide bonds. The van der Waals surface area contributed by atoms with Crippen LogP contribution in [0, 0.1) is 5.82 Å². The van der Waals surface area contributed by atoms with Crippen molar-refractivity contribution in [2.75, 3.05) is 10.8 Å². The van der Waals surface area contributed by atoms with Crippen molar-refractivity contribution in [3.63, 3.8) is 0 Å². The highest BCUT2D eigenvalue weighted by atomic mass is 35.5. The quantitative estimate of drug-likeness (QED) is 0.215. The first-order chi connectivity index (χ1) is 20.6. The highest BCUT2D eigenvalue weighted by molar-refractivity contribution is 7.92. The van der Waals surface area contributed by atoms with Crippen molar-refractivity contribution in [2.24, 2.45) is 0 Å². The first kappa shape index (κ1) is 31.7. The van der Waals surface area contributed by atoms with Gasteiger partial charge in [-0.2, -0.15) is 0 Å². The molecule has 0 radical (unpaired) electrons. The molecular weight excluding hydrogens is 589 g/mol. The van der Waals surface area contributed by atoms with Crippen LogP contribution < -0.4 is 9.62 Å². The van der Waals surface area contributed by atoms with Crippen LogP contribution in [0.15, 0.2) is 114 Å². The van der Waals surface area contributed by atoms with Crippen molar-refractivity contribution in [1.29, 1.82) is 0 Å². The highest BCUT2D eigenvalue weighted by Crippen LogP contribution is 2.26. The Balaban J connectivity index is 1.80. The van der Waals surface area contributed by atoms with Gasteiger partial charge in [0.05, 0.1) is 10.6 Å². The van der Waals surface area contributed by atoms with E-state index in [4.69, 9.17) is 11.6 Å². The first-order valence-corrected chi connectivity index (χ1v) is 15.6. The largest absolute Gasteiger partial charge is 0.352 e. The number of carbonyl (C=O) groups excluding carboxylic acids is 2. The molecule has 0 saturated carbocycles. The van der Waals surface area contributed by atoms with Crippen molar-refractivity contribution < 1.29 is 22.4 Å². The van der Waals surface area contributed by atoms with Gasteiger partial charge in [-0.3, -0.25) is 13.9 Å². The Bertz CT molecular complexity index is 1640. The lowest BCUT2D eigenvalue weighted by atomic mass is 10.0. The minimum absolute atomic E-state index is 0.0387. The average molecular weight is 622 g/mol. The van der Waals surface area contributed by atoms with Gasteiger partial charge in [-0.15, -0.1) is 0 Å². The number of sulfonamides is 1. The summed E-state index contributed by atoms with van der Waals surface area (Å²) in [6.07, 6.45) is 0.178. The summed E-state index contributed by atoms with van der Waals surface area (Å²) in [7, 11) is -4.26. The molecule has 0 fully saturated rings. The zero-order valence-corrected chi connectivity index (χ0v) is 25.4. The van der Waals surface area contributed by atoms with E-state index in [1.165, 1.54) is 29.2 Å². The van der Waals surface area contributed by atoms with Crippen LogP contribution in [0.1, 0.15) is 25.0 Å². The van der Waals surface area contributed by atoms with Crippen LogP contribution in [-0.2, 0) is 32.6 Å². The van der Waals surface area contributed by atoms with Crippen molar-refractivity contribution in [3.8, 4) is 0 Å². The molecule has 0 unspecified atom stereocenters. The molecule has 0 aliphatic heterocycles. The van der Waals surface area contributed by atoms with E-state index in [0.29, 0.717) is 10.6 Å². The molecule has 1 N–H and O–H groups in total. The summed E-state index contributed by atoms with van der Waals surface area (Å²) in [5.74, 6) is -1.58. The average Bonchev–Trinajstić information content (AvgIpc) is 2.99. The molecule has 4 aromatic rings. The minimum atomic E-state index is -4.26. The SMILES string of the molecule is CC(C)NC(=O)[C@H](Cc1ccccc1)N(Cc1ccccc1Cl)C(=O)CN(c1ccc(F)cc1)S(=O)(=O)c1ccccc1. The standard InChI is InChI=1S/C33H33ClFN3O4S/c1-24(2)36-33(40)31(21-25-11-5-3-6-12-25)37(22-26-13-9-10-16-30(26)34)32(39)23-38(28-19-17-27(35)18-20-28)43(41,42)29-14-7-4-8-15-29/h3-20,24,31H,21-23H2,1-2H3,(H,36,40)/t31-/m0/s1. The summed E-state index contributed by atoms with van der Waals surface area (Å²) in [6.45, 7) is 2.94. The molecule has 4 rings (SSSR count). The lowest BCUT2D eigenvalue weighted by Crippen LogP contribution is -2.54. The molecule has 0 saturated heterocycles. The van der Waals surface area contributed by atoms with E-state index >= 15 is 0 Å². The predicted octanol–water partition coefficient (Wildman–Crippen LogP) is 5.84. The number of nitrogens with zero attached hydrogens (tertiary/aromatic N) is 2. The fraction of sp³-hybridized carbons (Fsp3) is 0.212. The Labute approximate surface area is 257 Å². The van der Waals surface area contributed by atoms with Gasteiger partial charge in [-0.05, 0) is 67.4 Å². The summed E-state index contributed by atoms with van der Waals surface area (Å²) in [5, 5.41) is 3.31. The van der Waals surface area contributed by atoms with Gasteiger partial charge in [0.1, 0.15) is 18.4 Å². The first-order valence-electron chi connectivity index (χ1n) is 13.8. The van der Waals surface area contributed by atoms with Gasteiger partial charge in [0.2, 0.25) is 11.8 Å². The monoisotopic (exact) mass is 621 g/mol. The molecule has 43 heavy (non-hydrogen) atoms. The Morgan fingerprint density at radius 2 is 1.42 bits per heavy atom. The van der Waals surface area contributed by atoms with Gasteiger partial charge in [0.25, 0.3) is 10.0 Å². The summed E-state index contributed by atoms with van der Waals surface area (Å²) >= 11 is 6.49. The molecule has 4 aromatic carbocycles. The third kappa shape index (κ3) is 8.21. The highest BCUT2D eigenvalue weighted by Gasteiger charge is 2.35. The second kappa shape index (κ2) is 14.3. The minimum Gasteiger partial charge on any atom is -0.352 e. The summed E-state index contributed by atoms with van der Waals surface area (Å²) in [4.78, 5) is 29.3. The number of benzene rings is 4.